The zero-order chi connectivity index (χ0) is 52.8. The summed E-state index contributed by atoms with van der Waals surface area (Å²) in [6.45, 7) is 18.6. The van der Waals surface area contributed by atoms with E-state index in [1.165, 1.54) is 129 Å². The molecule has 11 heteroatoms. The van der Waals surface area contributed by atoms with Crippen molar-refractivity contribution in [2.24, 2.45) is 27.1 Å². The molecule has 0 bridgehead atoms. The number of hydrogen-bond acceptors (Lipinski definition) is 11. The van der Waals surface area contributed by atoms with Crippen LogP contribution in [0.2, 0.25) is 0 Å². The van der Waals surface area contributed by atoms with Crippen molar-refractivity contribution < 1.29 is 52.8 Å². The number of unbranched alkanes of at least 4 members (excludes halogenated alkanes) is 25. The molecule has 4 unspecified atom stereocenters. The molecular weight excluding hydrogens is 885 g/mol. The van der Waals surface area contributed by atoms with Crippen molar-refractivity contribution >= 4 is 29.8 Å². The van der Waals surface area contributed by atoms with E-state index in [4.69, 9.17) is 23.7 Å². The Labute approximate surface area is 429 Å². The molecule has 0 aliphatic rings. The van der Waals surface area contributed by atoms with Crippen molar-refractivity contribution in [3.8, 4) is 0 Å². The zero-order valence-corrected chi connectivity index (χ0v) is 47.4. The maximum atomic E-state index is 14.6. The Morgan fingerprint density at radius 2 is 0.600 bits per heavy atom. The fourth-order valence-electron chi connectivity index (χ4n) is 10.6. The number of carbonyl (C=O) groups is 5. The number of hydrogen-bond donors (Lipinski definition) is 1. The van der Waals surface area contributed by atoms with Crippen LogP contribution in [0.3, 0.4) is 0 Å². The minimum Gasteiger partial charge on any atom is -0.469 e. The van der Waals surface area contributed by atoms with Crippen LogP contribution in [0.5, 0.6) is 0 Å². The van der Waals surface area contributed by atoms with E-state index in [-0.39, 0.29) is 52.1 Å². The Morgan fingerprint density at radius 3 is 0.914 bits per heavy atom. The molecule has 1 N–H and O–H groups in total. The monoisotopic (exact) mass is 995 g/mol. The number of aliphatic hydroxyl groups excluding tert-OH is 1. The normalized spacial score (nSPS) is 15.2. The Balaban J connectivity index is 6.25. The molecular formula is C59H110O11. The lowest BCUT2D eigenvalue weighted by molar-refractivity contribution is -0.174. The topological polar surface area (TPSA) is 152 Å². The average Bonchev–Trinajstić information content (AvgIpc) is 3.32. The summed E-state index contributed by atoms with van der Waals surface area (Å²) in [5.41, 5.74) is -6.69. The first-order chi connectivity index (χ1) is 33.3. The highest BCUT2D eigenvalue weighted by Gasteiger charge is 2.55. The van der Waals surface area contributed by atoms with E-state index in [2.05, 4.69) is 13.8 Å². The number of rotatable bonds is 47. The second kappa shape index (κ2) is 38.9. The molecule has 0 amide bonds. The minimum atomic E-state index is -1.51. The Bertz CT molecular complexity index is 1400. The van der Waals surface area contributed by atoms with E-state index in [1.807, 2.05) is 13.8 Å². The molecule has 0 fully saturated rings. The van der Waals surface area contributed by atoms with Crippen LogP contribution in [0.4, 0.5) is 0 Å². The predicted octanol–water partition coefficient (Wildman–Crippen LogP) is 15.3. The summed E-state index contributed by atoms with van der Waals surface area (Å²) >= 11 is 0. The molecule has 4 atom stereocenters. The smallest absolute Gasteiger partial charge is 0.311 e. The molecule has 11 nitrogen and oxygen atoms in total. The number of carbonyl (C=O) groups excluding carboxylic acids is 5. The third kappa shape index (κ3) is 28.5. The van der Waals surface area contributed by atoms with Gasteiger partial charge >= 0.3 is 29.8 Å². The van der Waals surface area contributed by atoms with Crippen LogP contribution in [-0.4, -0.2) is 75.1 Å². The first-order valence-electron chi connectivity index (χ1n) is 28.7. The molecule has 0 spiro atoms. The molecule has 0 aromatic rings. The molecule has 0 radical (unpaired) electrons. The third-order valence-corrected chi connectivity index (χ3v) is 14.7. The molecule has 0 aromatic carbocycles. The summed E-state index contributed by atoms with van der Waals surface area (Å²) in [5.74, 6) is -2.77. The van der Waals surface area contributed by atoms with Gasteiger partial charge in [-0.3, -0.25) is 24.0 Å². The first-order valence-corrected chi connectivity index (χ1v) is 28.7. The SMILES string of the molecule is CCCCCCCCCCCCCCCCCCOC(=O)C(C)(C)CC(C)(CC(C)(CC(C)(CC(C)(CC)C(=O)OC)C(=O)OCCO)C(=O)OCCCC)C(=O)OCCCCCCCCCCCC. The van der Waals surface area contributed by atoms with Crippen LogP contribution in [0.1, 0.15) is 281 Å². The van der Waals surface area contributed by atoms with Crippen LogP contribution in [-0.2, 0) is 47.7 Å². The summed E-state index contributed by atoms with van der Waals surface area (Å²) in [7, 11) is 1.30. The van der Waals surface area contributed by atoms with Crippen molar-refractivity contribution in [3.05, 3.63) is 0 Å². The Morgan fingerprint density at radius 1 is 0.329 bits per heavy atom. The predicted molar refractivity (Wildman–Crippen MR) is 284 cm³/mol. The molecule has 0 saturated carbocycles. The lowest BCUT2D eigenvalue weighted by atomic mass is 9.59. The van der Waals surface area contributed by atoms with Gasteiger partial charge in [-0.2, -0.15) is 0 Å². The summed E-state index contributed by atoms with van der Waals surface area (Å²) in [5, 5.41) is 9.63. The van der Waals surface area contributed by atoms with Crippen molar-refractivity contribution in [2.75, 3.05) is 40.1 Å². The third-order valence-electron chi connectivity index (χ3n) is 14.7. The summed E-state index contributed by atoms with van der Waals surface area (Å²) in [4.78, 5) is 70.6. The number of ether oxygens (including phenoxy) is 5. The van der Waals surface area contributed by atoms with Gasteiger partial charge in [-0.15, -0.1) is 0 Å². The van der Waals surface area contributed by atoms with Crippen molar-refractivity contribution in [1.29, 1.82) is 0 Å². The van der Waals surface area contributed by atoms with E-state index in [0.717, 1.165) is 44.9 Å². The van der Waals surface area contributed by atoms with Crippen LogP contribution < -0.4 is 0 Å². The van der Waals surface area contributed by atoms with E-state index >= 15 is 0 Å². The van der Waals surface area contributed by atoms with Gasteiger partial charge in [0.25, 0.3) is 0 Å². The lowest BCUT2D eigenvalue weighted by Gasteiger charge is -2.44. The van der Waals surface area contributed by atoms with Gasteiger partial charge in [0.15, 0.2) is 0 Å². The maximum Gasteiger partial charge on any atom is 0.311 e. The van der Waals surface area contributed by atoms with Gasteiger partial charge in [0.1, 0.15) is 6.61 Å². The van der Waals surface area contributed by atoms with E-state index < -0.39 is 63.5 Å². The number of esters is 5. The maximum absolute atomic E-state index is 14.6. The molecule has 0 saturated heterocycles. The summed E-state index contributed by atoms with van der Waals surface area (Å²) in [6.07, 6.45) is 32.7. The van der Waals surface area contributed by atoms with Gasteiger partial charge < -0.3 is 28.8 Å². The highest BCUT2D eigenvalue weighted by molar-refractivity contribution is 5.85. The van der Waals surface area contributed by atoms with E-state index in [0.29, 0.717) is 19.3 Å². The van der Waals surface area contributed by atoms with Crippen molar-refractivity contribution in [2.45, 2.75) is 281 Å². The quantitative estimate of drug-likeness (QED) is 0.0352. The number of aliphatic hydroxyl groups is 1. The van der Waals surface area contributed by atoms with Gasteiger partial charge in [-0.25, -0.2) is 0 Å². The van der Waals surface area contributed by atoms with Gasteiger partial charge in [0, 0.05) is 0 Å². The van der Waals surface area contributed by atoms with Crippen LogP contribution >= 0.6 is 0 Å². The molecule has 412 valence electrons. The van der Waals surface area contributed by atoms with Crippen molar-refractivity contribution in [1.82, 2.24) is 0 Å². The highest BCUT2D eigenvalue weighted by Crippen LogP contribution is 2.52. The van der Waals surface area contributed by atoms with Crippen LogP contribution in [0.15, 0.2) is 0 Å². The summed E-state index contributed by atoms with van der Waals surface area (Å²) < 4.78 is 28.7. The minimum absolute atomic E-state index is 0.00694. The second-order valence-electron chi connectivity index (χ2n) is 22.8. The number of methoxy groups -OCH3 is 1. The van der Waals surface area contributed by atoms with Crippen LogP contribution in [0, 0.1) is 27.1 Å². The van der Waals surface area contributed by atoms with Gasteiger partial charge in [0.2, 0.25) is 0 Å². The first kappa shape index (κ1) is 67.3. The molecule has 0 heterocycles. The van der Waals surface area contributed by atoms with Gasteiger partial charge in [0.05, 0.1) is 60.6 Å². The molecule has 0 aliphatic carbocycles. The van der Waals surface area contributed by atoms with Gasteiger partial charge in [-0.1, -0.05) is 188 Å². The largest absolute Gasteiger partial charge is 0.469 e. The van der Waals surface area contributed by atoms with Crippen LogP contribution in [0.25, 0.3) is 0 Å². The Hall–Kier alpha value is -2.69. The molecule has 0 rings (SSSR count). The lowest BCUT2D eigenvalue weighted by Crippen LogP contribution is -2.49. The van der Waals surface area contributed by atoms with E-state index in [1.54, 1.807) is 41.5 Å². The van der Waals surface area contributed by atoms with Crippen molar-refractivity contribution in [3.63, 3.8) is 0 Å². The zero-order valence-electron chi connectivity index (χ0n) is 47.4. The highest BCUT2D eigenvalue weighted by atomic mass is 16.6. The molecule has 70 heavy (non-hydrogen) atoms. The van der Waals surface area contributed by atoms with E-state index in [9.17, 15) is 29.1 Å². The fraction of sp³-hybridized carbons (Fsp3) is 0.915. The second-order valence-corrected chi connectivity index (χ2v) is 22.8. The Kier molecular flexibility index (Phi) is 37.4. The average molecular weight is 996 g/mol. The summed E-state index contributed by atoms with van der Waals surface area (Å²) in [6, 6.07) is 0. The van der Waals surface area contributed by atoms with Gasteiger partial charge in [-0.05, 0) is 92.9 Å². The molecule has 0 aromatic heterocycles. The standard InChI is InChI=1S/C59H110O11/c1-12-16-19-21-23-25-27-28-29-30-31-32-34-35-37-39-43-67-50(61)55(5,6)46-57(8,52(63)69-44-40-38-36-33-26-24-22-20-17-13-2)48-59(10,53(64)68-42-18-14-3)49-58(9,54(65)70-45-41-60)47-56(7,15-4)51(62)66-11/h60H,12-49H2,1-11H3. The molecule has 0 aliphatic heterocycles. The fourth-order valence-corrected chi connectivity index (χ4v) is 10.6.